The Kier molecular flexibility index (Phi) is 2.47. The Hall–Kier alpha value is -0.810. The van der Waals surface area contributed by atoms with Crippen molar-refractivity contribution in [2.24, 2.45) is 17.8 Å². The van der Waals surface area contributed by atoms with Crippen molar-refractivity contribution in [3.63, 3.8) is 0 Å². The van der Waals surface area contributed by atoms with Crippen molar-refractivity contribution in [3.05, 3.63) is 0 Å². The average molecular weight is 306 g/mol. The van der Waals surface area contributed by atoms with Gasteiger partial charge in [-0.25, -0.2) is 4.79 Å². The van der Waals surface area contributed by atoms with Crippen LogP contribution < -0.4 is 0 Å². The minimum absolute atomic E-state index is 0.0389. The van der Waals surface area contributed by atoms with Crippen LogP contribution >= 0.6 is 0 Å². The molecule has 3 unspecified atom stereocenters. The number of nitrogens with zero attached hydrogens (tertiary/aromatic N) is 2. The molecule has 0 aromatic carbocycles. The zero-order valence-corrected chi connectivity index (χ0v) is 13.2. The van der Waals surface area contributed by atoms with Crippen LogP contribution in [0.2, 0.25) is 0 Å². The van der Waals surface area contributed by atoms with E-state index in [9.17, 15) is 15.0 Å². The molecule has 4 saturated carbocycles. The molecular weight excluding hydrogens is 280 g/mol. The molecule has 2 N–H and O–H groups in total. The highest BCUT2D eigenvalue weighted by molar-refractivity contribution is 5.79. The molecule has 0 radical (unpaired) electrons. The molecule has 122 valence electrons. The molecule has 2 amide bonds. The normalized spacial score (nSPS) is 56.1. The summed E-state index contributed by atoms with van der Waals surface area (Å²) in [5, 5.41) is 21.7. The molecule has 6 fully saturated rings. The molecule has 4 aliphatic carbocycles. The lowest BCUT2D eigenvalue weighted by atomic mass is 9.52. The second-order valence-electron chi connectivity index (χ2n) is 8.68. The molecule has 6 aliphatic rings. The van der Waals surface area contributed by atoms with E-state index >= 15 is 0 Å². The highest BCUT2D eigenvalue weighted by Crippen LogP contribution is 2.58. The van der Waals surface area contributed by atoms with Gasteiger partial charge in [-0.05, 0) is 69.6 Å². The Morgan fingerprint density at radius 2 is 1.82 bits per heavy atom. The van der Waals surface area contributed by atoms with Crippen LogP contribution in [0.1, 0.15) is 51.9 Å². The number of rotatable bonds is 1. The number of amides is 2. The Morgan fingerprint density at radius 3 is 2.41 bits per heavy atom. The first-order chi connectivity index (χ1) is 10.4. The fraction of sp³-hybridized carbons (Fsp3) is 0.941. The first-order valence-corrected chi connectivity index (χ1v) is 8.96. The van der Waals surface area contributed by atoms with Crippen LogP contribution in [-0.4, -0.2) is 56.0 Å². The maximum absolute atomic E-state index is 12.9. The van der Waals surface area contributed by atoms with Gasteiger partial charge in [-0.3, -0.25) is 4.90 Å². The van der Waals surface area contributed by atoms with Gasteiger partial charge in [0.2, 0.25) is 0 Å². The molecule has 5 nitrogen and oxygen atoms in total. The minimum atomic E-state index is -0.956. The van der Waals surface area contributed by atoms with Gasteiger partial charge in [-0.1, -0.05) is 0 Å². The van der Waals surface area contributed by atoms with Crippen molar-refractivity contribution in [2.75, 3.05) is 6.54 Å². The fourth-order valence-electron chi connectivity index (χ4n) is 6.84. The van der Waals surface area contributed by atoms with E-state index < -0.39 is 11.3 Å². The van der Waals surface area contributed by atoms with Crippen LogP contribution in [0.25, 0.3) is 0 Å². The maximum Gasteiger partial charge on any atom is 0.323 e. The van der Waals surface area contributed by atoms with E-state index in [0.717, 1.165) is 38.5 Å². The monoisotopic (exact) mass is 306 g/mol. The van der Waals surface area contributed by atoms with E-state index in [-0.39, 0.29) is 18.1 Å². The second kappa shape index (κ2) is 3.99. The van der Waals surface area contributed by atoms with Gasteiger partial charge in [0.05, 0.1) is 11.6 Å². The molecule has 5 heteroatoms. The van der Waals surface area contributed by atoms with Gasteiger partial charge >= 0.3 is 6.03 Å². The number of urea groups is 1. The second-order valence-corrected chi connectivity index (χ2v) is 8.68. The van der Waals surface area contributed by atoms with Gasteiger partial charge in [0.1, 0.15) is 0 Å². The minimum Gasteiger partial charge on any atom is -0.390 e. The highest BCUT2D eigenvalue weighted by Gasteiger charge is 2.63. The van der Waals surface area contributed by atoms with E-state index in [1.54, 1.807) is 4.90 Å². The standard InChI is InChI=1S/C17H26N2O3/c1-10-17(22)3-2-4-18(17)15(20)19(10)14-12-5-11-6-13(14)9-16(21,7-11)8-12/h10-14,21-22H,2-9H2,1H3/t10-,11?,12?,13?,14?,16?,17?/m1/s1. The maximum atomic E-state index is 12.9. The van der Waals surface area contributed by atoms with Crippen LogP contribution in [-0.2, 0) is 0 Å². The number of aliphatic hydroxyl groups is 2. The Bertz CT molecular complexity index is 522. The Morgan fingerprint density at radius 1 is 1.14 bits per heavy atom. The number of carbonyl (C=O) groups excluding carboxylic acids is 1. The predicted molar refractivity (Wildman–Crippen MR) is 79.9 cm³/mol. The first kappa shape index (κ1) is 13.6. The summed E-state index contributed by atoms with van der Waals surface area (Å²) >= 11 is 0. The van der Waals surface area contributed by atoms with Crippen LogP contribution in [0.4, 0.5) is 4.79 Å². The van der Waals surface area contributed by atoms with Crippen molar-refractivity contribution in [2.45, 2.75) is 75.3 Å². The van der Waals surface area contributed by atoms with E-state index in [1.807, 2.05) is 11.8 Å². The third-order valence-electron chi connectivity index (χ3n) is 7.44. The number of hydrogen-bond donors (Lipinski definition) is 2. The third kappa shape index (κ3) is 1.49. The van der Waals surface area contributed by atoms with Gasteiger partial charge in [0.15, 0.2) is 5.72 Å². The quantitative estimate of drug-likeness (QED) is 0.772. The Balaban J connectivity index is 1.50. The molecule has 2 heterocycles. The average Bonchev–Trinajstić information content (AvgIpc) is 2.89. The van der Waals surface area contributed by atoms with E-state index in [2.05, 4.69) is 0 Å². The number of fused-ring (bicyclic) bond motifs is 1. The molecule has 6 rings (SSSR count). The van der Waals surface area contributed by atoms with Crippen LogP contribution in [0, 0.1) is 17.8 Å². The molecule has 22 heavy (non-hydrogen) atoms. The van der Waals surface area contributed by atoms with Gasteiger partial charge in [0.25, 0.3) is 0 Å². The highest BCUT2D eigenvalue weighted by atomic mass is 16.3. The topological polar surface area (TPSA) is 64.0 Å². The summed E-state index contributed by atoms with van der Waals surface area (Å²) in [7, 11) is 0. The van der Waals surface area contributed by atoms with Gasteiger partial charge in [-0.15, -0.1) is 0 Å². The van der Waals surface area contributed by atoms with Gasteiger partial charge < -0.3 is 15.1 Å². The summed E-state index contributed by atoms with van der Waals surface area (Å²) in [4.78, 5) is 16.7. The van der Waals surface area contributed by atoms with E-state index in [4.69, 9.17) is 0 Å². The summed E-state index contributed by atoms with van der Waals surface area (Å²) in [6.07, 6.45) is 6.56. The molecule has 0 aromatic heterocycles. The lowest BCUT2D eigenvalue weighted by Gasteiger charge is -2.60. The Labute approximate surface area is 131 Å². The molecular formula is C17H26N2O3. The van der Waals surface area contributed by atoms with Gasteiger partial charge in [0, 0.05) is 12.6 Å². The number of carbonyl (C=O) groups is 1. The lowest BCUT2D eigenvalue weighted by Crippen LogP contribution is -2.63. The van der Waals surface area contributed by atoms with Crippen molar-refractivity contribution >= 4 is 6.03 Å². The smallest absolute Gasteiger partial charge is 0.323 e. The summed E-state index contributed by atoms with van der Waals surface area (Å²) < 4.78 is 0. The summed E-state index contributed by atoms with van der Waals surface area (Å²) in [5.41, 5.74) is -1.42. The molecule has 0 aromatic rings. The van der Waals surface area contributed by atoms with Crippen molar-refractivity contribution in [3.8, 4) is 0 Å². The molecule has 0 spiro atoms. The predicted octanol–water partition coefficient (Wildman–Crippen LogP) is 1.53. The van der Waals surface area contributed by atoms with E-state index in [0.29, 0.717) is 30.7 Å². The summed E-state index contributed by atoms with van der Waals surface area (Å²) in [6, 6.07) is 0.144. The van der Waals surface area contributed by atoms with Crippen molar-refractivity contribution in [1.82, 2.24) is 9.80 Å². The number of hydrogen-bond acceptors (Lipinski definition) is 3. The molecule has 2 aliphatic heterocycles. The lowest BCUT2D eigenvalue weighted by molar-refractivity contribution is -0.160. The molecule has 2 saturated heterocycles. The van der Waals surface area contributed by atoms with Crippen molar-refractivity contribution in [1.29, 1.82) is 0 Å². The largest absolute Gasteiger partial charge is 0.390 e. The van der Waals surface area contributed by atoms with Crippen LogP contribution in [0.15, 0.2) is 0 Å². The summed E-state index contributed by atoms with van der Waals surface area (Å²) in [5.74, 6) is 1.49. The van der Waals surface area contributed by atoms with Gasteiger partial charge in [-0.2, -0.15) is 0 Å². The molecule has 4 bridgehead atoms. The SMILES string of the molecule is C[C@H]1N(C2C3CC4CC2CC(O)(C4)C3)C(=O)N2CCCC12O. The van der Waals surface area contributed by atoms with Crippen LogP contribution in [0.3, 0.4) is 0 Å². The zero-order chi connectivity index (χ0) is 15.3. The molecule has 4 atom stereocenters. The third-order valence-corrected chi connectivity index (χ3v) is 7.44. The zero-order valence-electron chi connectivity index (χ0n) is 13.2. The first-order valence-electron chi connectivity index (χ1n) is 8.96. The van der Waals surface area contributed by atoms with Crippen molar-refractivity contribution < 1.29 is 15.0 Å². The fourth-order valence-corrected chi connectivity index (χ4v) is 6.84. The summed E-state index contributed by atoms with van der Waals surface area (Å²) in [6.45, 7) is 2.70. The van der Waals surface area contributed by atoms with E-state index in [1.165, 1.54) is 0 Å². The van der Waals surface area contributed by atoms with Crippen LogP contribution in [0.5, 0.6) is 0 Å².